The number of carbonyl (C=O) groups is 3. The van der Waals surface area contributed by atoms with E-state index < -0.39 is 23.6 Å². The first-order valence-corrected chi connectivity index (χ1v) is 13.1. The largest absolute Gasteiger partial charge is 0.508 e. The molecule has 2 aromatic rings. The number of nitrogens with one attached hydrogen (secondary N) is 2. The number of aryl methyl sites for hydroxylation is 2. The van der Waals surface area contributed by atoms with E-state index in [-0.39, 0.29) is 24.2 Å². The lowest BCUT2D eigenvalue weighted by molar-refractivity contribution is -0.140. The highest BCUT2D eigenvalue weighted by molar-refractivity contribution is 5.99. The smallest absolute Gasteiger partial charge is 0.408 e. The molecule has 2 aromatic carbocycles. The molecule has 8 heteroatoms. The minimum absolute atomic E-state index is 0.0555. The van der Waals surface area contributed by atoms with E-state index in [1.165, 1.54) is 17.0 Å². The molecule has 0 fully saturated rings. The molecule has 208 valence electrons. The van der Waals surface area contributed by atoms with Gasteiger partial charge in [-0.2, -0.15) is 0 Å². The van der Waals surface area contributed by atoms with Crippen LogP contribution in [-0.4, -0.2) is 46.1 Å². The molecule has 2 atom stereocenters. The lowest BCUT2D eigenvalue weighted by Crippen LogP contribution is -2.50. The van der Waals surface area contributed by atoms with Crippen LogP contribution in [0.1, 0.15) is 77.1 Å². The van der Waals surface area contributed by atoms with Crippen molar-refractivity contribution in [2.75, 3.05) is 11.9 Å². The molecule has 0 bridgehead atoms. The topological polar surface area (TPSA) is 108 Å². The maximum atomic E-state index is 13.9. The maximum absolute atomic E-state index is 13.9. The van der Waals surface area contributed by atoms with Crippen molar-refractivity contribution in [3.05, 3.63) is 59.2 Å². The number of nitrogens with zero attached hydrogens (tertiary/aromatic N) is 1. The molecule has 3 amide bonds. The van der Waals surface area contributed by atoms with Gasteiger partial charge in [0.05, 0.1) is 0 Å². The van der Waals surface area contributed by atoms with Gasteiger partial charge in [0.2, 0.25) is 5.91 Å². The highest BCUT2D eigenvalue weighted by Gasteiger charge is 2.35. The van der Waals surface area contributed by atoms with Crippen LogP contribution < -0.4 is 10.6 Å². The Labute approximate surface area is 226 Å². The van der Waals surface area contributed by atoms with Gasteiger partial charge in [0, 0.05) is 11.7 Å². The Morgan fingerprint density at radius 2 is 1.53 bits per heavy atom. The summed E-state index contributed by atoms with van der Waals surface area (Å²) in [7, 11) is 0. The fourth-order valence-corrected chi connectivity index (χ4v) is 4.21. The van der Waals surface area contributed by atoms with Crippen LogP contribution in [0.2, 0.25) is 0 Å². The summed E-state index contributed by atoms with van der Waals surface area (Å²) in [6.07, 6.45) is 0.814. The normalized spacial score (nSPS) is 13.0. The zero-order valence-electron chi connectivity index (χ0n) is 23.9. The van der Waals surface area contributed by atoms with Gasteiger partial charge in [-0.05, 0) is 89.1 Å². The van der Waals surface area contributed by atoms with Crippen LogP contribution >= 0.6 is 0 Å². The summed E-state index contributed by atoms with van der Waals surface area (Å²) >= 11 is 0. The number of aromatic hydroxyl groups is 1. The summed E-state index contributed by atoms with van der Waals surface area (Å²) in [5, 5.41) is 15.5. The third-order valence-electron chi connectivity index (χ3n) is 6.17. The average molecular weight is 526 g/mol. The fourth-order valence-electron chi connectivity index (χ4n) is 4.21. The lowest BCUT2D eigenvalue weighted by atomic mass is 9.97. The van der Waals surface area contributed by atoms with Gasteiger partial charge in [0.25, 0.3) is 5.91 Å². The van der Waals surface area contributed by atoms with Gasteiger partial charge in [-0.25, -0.2) is 4.79 Å². The van der Waals surface area contributed by atoms with E-state index in [4.69, 9.17) is 4.74 Å². The minimum Gasteiger partial charge on any atom is -0.508 e. The van der Waals surface area contributed by atoms with Gasteiger partial charge in [-0.3, -0.25) is 9.59 Å². The van der Waals surface area contributed by atoms with Crippen LogP contribution in [0, 0.1) is 19.8 Å². The molecular formula is C30H43N3O5. The van der Waals surface area contributed by atoms with E-state index in [1.807, 2.05) is 39.0 Å². The number of phenolic OH excluding ortho intramolecular Hbond substituents is 1. The Balaban J connectivity index is 2.48. The SMILES string of the molecule is Cc1cccc(C)c1NC(=O)C(c1ccc(O)cc1)N(C(=O)CNC(=O)OC(C)(C)C)C(C)CCC(C)C. The number of benzene rings is 2. The van der Waals surface area contributed by atoms with Crippen LogP contribution in [0.15, 0.2) is 42.5 Å². The number of para-hydroxylation sites is 1. The van der Waals surface area contributed by atoms with Gasteiger partial charge in [0.15, 0.2) is 0 Å². The summed E-state index contributed by atoms with van der Waals surface area (Å²) < 4.78 is 5.29. The summed E-state index contributed by atoms with van der Waals surface area (Å²) in [4.78, 5) is 41.5. The first kappa shape index (κ1) is 30.7. The minimum atomic E-state index is -0.996. The quantitative estimate of drug-likeness (QED) is 0.360. The van der Waals surface area contributed by atoms with E-state index in [9.17, 15) is 19.5 Å². The Morgan fingerprint density at radius 1 is 0.947 bits per heavy atom. The molecule has 2 rings (SSSR count). The average Bonchev–Trinajstić information content (AvgIpc) is 2.81. The number of ether oxygens (including phenoxy) is 1. The number of anilines is 1. The van der Waals surface area contributed by atoms with Gasteiger partial charge in [-0.15, -0.1) is 0 Å². The van der Waals surface area contributed by atoms with Crippen LogP contribution in [0.25, 0.3) is 0 Å². The zero-order valence-corrected chi connectivity index (χ0v) is 23.9. The molecule has 0 aliphatic heterocycles. The van der Waals surface area contributed by atoms with Crippen molar-refractivity contribution in [2.45, 2.75) is 85.9 Å². The number of hydrogen-bond donors (Lipinski definition) is 3. The first-order valence-electron chi connectivity index (χ1n) is 13.1. The van der Waals surface area contributed by atoms with Crippen LogP contribution in [-0.2, 0) is 14.3 Å². The standard InChI is InChI=1S/C30H43N3O5/c1-19(2)12-13-22(5)33(25(35)18-31-29(37)38-30(6,7)8)27(23-14-16-24(34)17-15-23)28(36)32-26-20(3)10-9-11-21(26)4/h9-11,14-17,19,22,27,34H,12-13,18H2,1-8H3,(H,31,37)(H,32,36). The van der Waals surface area contributed by atoms with Crippen LogP contribution in [0.3, 0.4) is 0 Å². The summed E-state index contributed by atoms with van der Waals surface area (Å²) in [5.41, 5.74) is 2.33. The second-order valence-corrected chi connectivity index (χ2v) is 11.2. The Bertz CT molecular complexity index is 1090. The molecule has 0 spiro atoms. The molecule has 2 unspecified atom stereocenters. The molecular weight excluding hydrogens is 482 g/mol. The first-order chi connectivity index (χ1) is 17.7. The molecule has 8 nitrogen and oxygen atoms in total. The van der Waals surface area contributed by atoms with Crippen molar-refractivity contribution in [1.29, 1.82) is 0 Å². The van der Waals surface area contributed by atoms with E-state index in [0.717, 1.165) is 17.5 Å². The fraction of sp³-hybridized carbons (Fsp3) is 0.500. The van der Waals surface area contributed by atoms with Crippen molar-refractivity contribution in [1.82, 2.24) is 10.2 Å². The Morgan fingerprint density at radius 3 is 2.05 bits per heavy atom. The van der Waals surface area contributed by atoms with Crippen molar-refractivity contribution in [2.24, 2.45) is 5.92 Å². The van der Waals surface area contributed by atoms with Crippen molar-refractivity contribution in [3.63, 3.8) is 0 Å². The molecule has 0 aliphatic carbocycles. The number of hydrogen-bond acceptors (Lipinski definition) is 5. The molecule has 0 heterocycles. The van der Waals surface area contributed by atoms with Gasteiger partial charge < -0.3 is 25.4 Å². The Hall–Kier alpha value is -3.55. The second-order valence-electron chi connectivity index (χ2n) is 11.2. The molecule has 0 radical (unpaired) electrons. The van der Waals surface area contributed by atoms with Gasteiger partial charge >= 0.3 is 6.09 Å². The van der Waals surface area contributed by atoms with Crippen LogP contribution in [0.4, 0.5) is 10.5 Å². The Kier molecular flexibility index (Phi) is 10.7. The van der Waals surface area contributed by atoms with E-state index >= 15 is 0 Å². The molecule has 0 saturated carbocycles. The van der Waals surface area contributed by atoms with Gasteiger partial charge in [0.1, 0.15) is 23.9 Å². The zero-order chi connectivity index (χ0) is 28.6. The second kappa shape index (κ2) is 13.3. The highest BCUT2D eigenvalue weighted by Crippen LogP contribution is 2.30. The van der Waals surface area contributed by atoms with Crippen molar-refractivity contribution in [3.8, 4) is 5.75 Å². The predicted octanol–water partition coefficient (Wildman–Crippen LogP) is 5.87. The summed E-state index contributed by atoms with van der Waals surface area (Å²) in [5.74, 6) is -0.332. The number of phenols is 1. The van der Waals surface area contributed by atoms with E-state index in [2.05, 4.69) is 24.5 Å². The van der Waals surface area contributed by atoms with Crippen molar-refractivity contribution < 1.29 is 24.2 Å². The van der Waals surface area contributed by atoms with E-state index in [0.29, 0.717) is 23.6 Å². The number of carbonyl (C=O) groups excluding carboxylic acids is 3. The molecule has 0 aliphatic rings. The van der Waals surface area contributed by atoms with Crippen molar-refractivity contribution >= 4 is 23.6 Å². The van der Waals surface area contributed by atoms with Crippen LogP contribution in [0.5, 0.6) is 5.75 Å². The third kappa shape index (κ3) is 9.08. The molecule has 0 aromatic heterocycles. The lowest BCUT2D eigenvalue weighted by Gasteiger charge is -2.37. The summed E-state index contributed by atoms with van der Waals surface area (Å²) in [6, 6.07) is 10.7. The maximum Gasteiger partial charge on any atom is 0.408 e. The molecule has 3 N–H and O–H groups in total. The monoisotopic (exact) mass is 525 g/mol. The molecule has 38 heavy (non-hydrogen) atoms. The van der Waals surface area contributed by atoms with Gasteiger partial charge in [-0.1, -0.05) is 44.2 Å². The third-order valence-corrected chi connectivity index (χ3v) is 6.17. The summed E-state index contributed by atoms with van der Waals surface area (Å²) in [6.45, 7) is 14.9. The highest BCUT2D eigenvalue weighted by atomic mass is 16.6. The number of rotatable bonds is 10. The molecule has 0 saturated heterocycles. The predicted molar refractivity (Wildman–Crippen MR) is 150 cm³/mol. The number of amides is 3. The number of alkyl carbamates (subject to hydrolysis) is 1. The van der Waals surface area contributed by atoms with E-state index in [1.54, 1.807) is 32.9 Å².